The summed E-state index contributed by atoms with van der Waals surface area (Å²) in [6, 6.07) is 3.46. The SMILES string of the molecule is C#CCC(N)C(=O)Nc1cc(NS(C)(=O)=O)ccc1Cl. The molecule has 0 saturated heterocycles. The second-order valence-corrected chi connectivity index (χ2v) is 6.23. The van der Waals surface area contributed by atoms with Gasteiger partial charge >= 0.3 is 0 Å². The van der Waals surface area contributed by atoms with Crippen molar-refractivity contribution in [2.45, 2.75) is 12.5 Å². The normalized spacial score (nSPS) is 12.3. The van der Waals surface area contributed by atoms with Gasteiger partial charge in [-0.15, -0.1) is 12.3 Å². The molecule has 6 nitrogen and oxygen atoms in total. The molecule has 1 aromatic carbocycles. The highest BCUT2D eigenvalue weighted by atomic mass is 35.5. The first kappa shape index (κ1) is 16.3. The molecule has 8 heteroatoms. The maximum Gasteiger partial charge on any atom is 0.242 e. The van der Waals surface area contributed by atoms with Crippen molar-refractivity contribution in [1.82, 2.24) is 0 Å². The summed E-state index contributed by atoms with van der Waals surface area (Å²) in [5.74, 6) is 1.78. The number of rotatable bonds is 5. The van der Waals surface area contributed by atoms with E-state index in [0.29, 0.717) is 0 Å². The number of anilines is 2. The van der Waals surface area contributed by atoms with Crippen LogP contribution in [0.1, 0.15) is 6.42 Å². The largest absolute Gasteiger partial charge is 0.323 e. The average Bonchev–Trinajstić information content (AvgIpc) is 2.31. The maximum absolute atomic E-state index is 11.7. The van der Waals surface area contributed by atoms with Gasteiger partial charge in [-0.2, -0.15) is 0 Å². The van der Waals surface area contributed by atoms with Gasteiger partial charge in [0.2, 0.25) is 15.9 Å². The van der Waals surface area contributed by atoms with Crippen LogP contribution in [-0.2, 0) is 14.8 Å². The molecule has 0 bridgehead atoms. The number of sulfonamides is 1. The van der Waals surface area contributed by atoms with E-state index >= 15 is 0 Å². The fourth-order valence-electron chi connectivity index (χ4n) is 1.34. The van der Waals surface area contributed by atoms with Crippen LogP contribution in [0.4, 0.5) is 11.4 Å². The van der Waals surface area contributed by atoms with Crippen molar-refractivity contribution in [2.75, 3.05) is 16.3 Å². The zero-order valence-corrected chi connectivity index (χ0v) is 12.3. The monoisotopic (exact) mass is 315 g/mol. The third-order valence-corrected chi connectivity index (χ3v) is 3.14. The average molecular weight is 316 g/mol. The van der Waals surface area contributed by atoms with E-state index in [2.05, 4.69) is 16.0 Å². The van der Waals surface area contributed by atoms with Crippen molar-refractivity contribution in [3.05, 3.63) is 23.2 Å². The maximum atomic E-state index is 11.7. The van der Waals surface area contributed by atoms with Gasteiger partial charge in [0, 0.05) is 6.42 Å². The lowest BCUT2D eigenvalue weighted by Crippen LogP contribution is -2.35. The lowest BCUT2D eigenvalue weighted by molar-refractivity contribution is -0.117. The third-order valence-electron chi connectivity index (χ3n) is 2.20. The number of benzene rings is 1. The zero-order valence-electron chi connectivity index (χ0n) is 10.7. The fourth-order valence-corrected chi connectivity index (χ4v) is 2.06. The van der Waals surface area contributed by atoms with Crippen LogP contribution in [0.15, 0.2) is 18.2 Å². The van der Waals surface area contributed by atoms with Gasteiger partial charge in [-0.1, -0.05) is 11.6 Å². The lowest BCUT2D eigenvalue weighted by atomic mass is 10.2. The Balaban J connectivity index is 2.93. The smallest absolute Gasteiger partial charge is 0.242 e. The molecule has 1 atom stereocenters. The lowest BCUT2D eigenvalue weighted by Gasteiger charge is -2.12. The van der Waals surface area contributed by atoms with Crippen molar-refractivity contribution >= 4 is 38.9 Å². The predicted molar refractivity (Wildman–Crippen MR) is 80.0 cm³/mol. The topological polar surface area (TPSA) is 101 Å². The number of amides is 1. The Labute approximate surface area is 122 Å². The van der Waals surface area contributed by atoms with Gasteiger partial charge < -0.3 is 11.1 Å². The van der Waals surface area contributed by atoms with Gasteiger partial charge in [0.05, 0.1) is 28.7 Å². The molecule has 1 amide bonds. The molecule has 0 saturated carbocycles. The molecule has 0 aliphatic carbocycles. The molecule has 1 rings (SSSR count). The van der Waals surface area contributed by atoms with Crippen LogP contribution in [0.3, 0.4) is 0 Å². The summed E-state index contributed by atoms with van der Waals surface area (Å²) < 4.78 is 24.6. The third kappa shape index (κ3) is 5.09. The molecule has 20 heavy (non-hydrogen) atoms. The van der Waals surface area contributed by atoms with Crippen molar-refractivity contribution < 1.29 is 13.2 Å². The zero-order chi connectivity index (χ0) is 15.3. The quantitative estimate of drug-likeness (QED) is 0.705. The molecule has 0 heterocycles. The molecule has 108 valence electrons. The highest BCUT2D eigenvalue weighted by molar-refractivity contribution is 7.92. The minimum Gasteiger partial charge on any atom is -0.323 e. The van der Waals surface area contributed by atoms with Crippen molar-refractivity contribution in [3.8, 4) is 12.3 Å². The molecule has 0 aromatic heterocycles. The van der Waals surface area contributed by atoms with Gasteiger partial charge in [0.15, 0.2) is 0 Å². The van der Waals surface area contributed by atoms with Crippen LogP contribution in [-0.4, -0.2) is 26.6 Å². The van der Waals surface area contributed by atoms with Gasteiger partial charge in [-0.25, -0.2) is 8.42 Å². The first-order valence-corrected chi connectivity index (χ1v) is 7.77. The number of hydrogen-bond donors (Lipinski definition) is 3. The molecular formula is C12H14ClN3O3S. The van der Waals surface area contributed by atoms with Crippen LogP contribution >= 0.6 is 11.6 Å². The van der Waals surface area contributed by atoms with Crippen LogP contribution < -0.4 is 15.8 Å². The molecule has 0 radical (unpaired) electrons. The predicted octanol–water partition coefficient (Wildman–Crippen LogP) is 1.00. The van der Waals surface area contributed by atoms with Gasteiger partial charge in [-0.3, -0.25) is 9.52 Å². The van der Waals surface area contributed by atoms with E-state index in [9.17, 15) is 13.2 Å². The van der Waals surface area contributed by atoms with Crippen molar-refractivity contribution in [1.29, 1.82) is 0 Å². The molecule has 0 aliphatic heterocycles. The Morgan fingerprint density at radius 3 is 2.75 bits per heavy atom. The molecule has 1 aromatic rings. The number of carbonyl (C=O) groups excluding carboxylic acids is 1. The van der Waals surface area contributed by atoms with Crippen LogP contribution in [0.5, 0.6) is 0 Å². The minimum absolute atomic E-state index is 0.0880. The van der Waals surface area contributed by atoms with E-state index in [1.165, 1.54) is 18.2 Å². The number of nitrogens with two attached hydrogens (primary N) is 1. The molecule has 0 aliphatic rings. The molecule has 1 unspecified atom stereocenters. The summed E-state index contributed by atoms with van der Waals surface area (Å²) in [5.41, 5.74) is 6.08. The van der Waals surface area contributed by atoms with E-state index < -0.39 is 22.0 Å². The Bertz CT molecular complexity index is 652. The number of nitrogens with one attached hydrogen (secondary N) is 2. The van der Waals surface area contributed by atoms with Crippen LogP contribution in [0, 0.1) is 12.3 Å². The summed E-state index contributed by atoms with van der Waals surface area (Å²) in [6.45, 7) is 0. The van der Waals surface area contributed by atoms with E-state index in [1.807, 2.05) is 0 Å². The highest BCUT2D eigenvalue weighted by Crippen LogP contribution is 2.26. The van der Waals surface area contributed by atoms with Crippen LogP contribution in [0.2, 0.25) is 5.02 Å². The fraction of sp³-hybridized carbons (Fsp3) is 0.250. The highest BCUT2D eigenvalue weighted by Gasteiger charge is 2.14. The number of halogens is 1. The standard InChI is InChI=1S/C12H14ClN3O3S/c1-3-4-10(14)12(17)15-11-7-8(5-6-9(11)13)16-20(2,18)19/h1,5-7,10,16H,4,14H2,2H3,(H,15,17). The molecule has 0 fully saturated rings. The second kappa shape index (κ2) is 6.61. The summed E-state index contributed by atoms with van der Waals surface area (Å²) in [6.07, 6.45) is 6.18. The van der Waals surface area contributed by atoms with E-state index in [4.69, 9.17) is 23.8 Å². The molecular weight excluding hydrogens is 302 g/mol. The first-order chi connectivity index (χ1) is 9.23. The summed E-state index contributed by atoms with van der Waals surface area (Å²) in [4.78, 5) is 11.7. The van der Waals surface area contributed by atoms with Crippen LogP contribution in [0.25, 0.3) is 0 Å². The Hall–Kier alpha value is -1.75. The summed E-state index contributed by atoms with van der Waals surface area (Å²) in [7, 11) is -3.42. The van der Waals surface area contributed by atoms with E-state index in [0.717, 1.165) is 6.26 Å². The molecule has 4 N–H and O–H groups in total. The molecule has 0 spiro atoms. The summed E-state index contributed by atoms with van der Waals surface area (Å²) in [5, 5.41) is 2.75. The number of hydrogen-bond acceptors (Lipinski definition) is 4. The van der Waals surface area contributed by atoms with Gasteiger partial charge in [0.25, 0.3) is 0 Å². The van der Waals surface area contributed by atoms with E-state index in [1.54, 1.807) is 0 Å². The number of carbonyl (C=O) groups is 1. The Morgan fingerprint density at radius 2 is 2.20 bits per heavy atom. The first-order valence-electron chi connectivity index (χ1n) is 5.50. The van der Waals surface area contributed by atoms with Crippen molar-refractivity contribution in [2.24, 2.45) is 5.73 Å². The van der Waals surface area contributed by atoms with Gasteiger partial charge in [0.1, 0.15) is 0 Å². The Morgan fingerprint density at radius 1 is 1.55 bits per heavy atom. The summed E-state index contributed by atoms with van der Waals surface area (Å²) >= 11 is 5.92. The number of terminal acetylenes is 1. The van der Waals surface area contributed by atoms with Gasteiger partial charge in [-0.05, 0) is 18.2 Å². The second-order valence-electron chi connectivity index (χ2n) is 4.07. The minimum atomic E-state index is -3.42. The van der Waals surface area contributed by atoms with Crippen molar-refractivity contribution in [3.63, 3.8) is 0 Å². The Kier molecular flexibility index (Phi) is 5.39. The van der Waals surface area contributed by atoms with E-state index in [-0.39, 0.29) is 22.8 Å².